The van der Waals surface area contributed by atoms with E-state index in [0.717, 1.165) is 12.1 Å². The molecule has 1 heterocycles. The van der Waals surface area contributed by atoms with Crippen molar-refractivity contribution in [2.75, 3.05) is 0 Å². The Balaban J connectivity index is 2.10. The fourth-order valence-corrected chi connectivity index (χ4v) is 3.01. The summed E-state index contributed by atoms with van der Waals surface area (Å²) >= 11 is 1.71. The molecular weight excluding hydrogens is 324 g/mol. The highest BCUT2D eigenvalue weighted by Gasteiger charge is 2.08. The summed E-state index contributed by atoms with van der Waals surface area (Å²) in [4.78, 5) is 12.7. The van der Waals surface area contributed by atoms with Crippen LogP contribution in [-0.2, 0) is 5.75 Å². The van der Waals surface area contributed by atoms with E-state index in [4.69, 9.17) is 5.21 Å². The monoisotopic (exact) mass is 344 g/mol. The molecule has 0 saturated heterocycles. The minimum absolute atomic E-state index is 0.350. The van der Waals surface area contributed by atoms with Gasteiger partial charge in [0.2, 0.25) is 0 Å². The van der Waals surface area contributed by atoms with Crippen LogP contribution >= 0.6 is 11.8 Å². The van der Waals surface area contributed by atoms with E-state index in [1.54, 1.807) is 40.1 Å². The number of amides is 1. The lowest BCUT2D eigenvalue weighted by atomic mass is 10.2. The molecule has 2 rings (SSSR count). The van der Waals surface area contributed by atoms with E-state index >= 15 is 0 Å². The zero-order chi connectivity index (χ0) is 17.4. The highest BCUT2D eigenvalue weighted by atomic mass is 32.2. The van der Waals surface area contributed by atoms with Gasteiger partial charge in [-0.15, -0.1) is 16.9 Å². The molecule has 0 atom stereocenters. The Hall–Kier alpha value is -2.38. The minimum Gasteiger partial charge on any atom is -0.288 e. The number of hydrogen-bond acceptors (Lipinski definition) is 5. The number of hydrogen-bond donors (Lipinski definition) is 2. The third kappa shape index (κ3) is 4.81. The van der Waals surface area contributed by atoms with Crippen LogP contribution in [0.2, 0.25) is 0 Å². The maximum absolute atomic E-state index is 11.5. The number of rotatable bonds is 7. The Morgan fingerprint density at radius 1 is 1.46 bits per heavy atom. The van der Waals surface area contributed by atoms with Gasteiger partial charge in [0.05, 0.1) is 17.6 Å². The van der Waals surface area contributed by atoms with Crippen molar-refractivity contribution in [3.05, 3.63) is 64.9 Å². The van der Waals surface area contributed by atoms with Crippen molar-refractivity contribution in [1.29, 1.82) is 0 Å². The van der Waals surface area contributed by atoms with Crippen molar-refractivity contribution < 1.29 is 10.0 Å². The van der Waals surface area contributed by atoms with Crippen LogP contribution in [0.1, 0.15) is 36.3 Å². The van der Waals surface area contributed by atoms with Crippen LogP contribution in [0.15, 0.2) is 53.6 Å². The van der Waals surface area contributed by atoms with Gasteiger partial charge in [0.1, 0.15) is 0 Å². The van der Waals surface area contributed by atoms with E-state index in [2.05, 4.69) is 29.4 Å². The van der Waals surface area contributed by atoms with E-state index in [0.29, 0.717) is 17.0 Å². The van der Waals surface area contributed by atoms with E-state index in [-0.39, 0.29) is 0 Å². The summed E-state index contributed by atoms with van der Waals surface area (Å²) in [6.45, 7) is 4.10. The number of carbonyl (C=O) groups is 1. The van der Waals surface area contributed by atoms with Gasteiger partial charge in [0.15, 0.2) is 0 Å². The predicted octanol–water partition coefficient (Wildman–Crippen LogP) is 3.49. The maximum Gasteiger partial charge on any atom is 0.274 e. The van der Waals surface area contributed by atoms with Crippen LogP contribution < -0.4 is 5.48 Å². The molecular formula is C17H20N4O2S. The lowest BCUT2D eigenvalue weighted by Crippen LogP contribution is -2.18. The SMILES string of the molecule is C/C=C\C(=C/CC)SCc1cn(-c2cccc(C(=O)NO)c2)nn1. The Kier molecular flexibility index (Phi) is 6.77. The molecule has 0 bridgehead atoms. The van der Waals surface area contributed by atoms with Crippen molar-refractivity contribution in [1.82, 2.24) is 20.5 Å². The molecule has 0 unspecified atom stereocenters. The van der Waals surface area contributed by atoms with Gasteiger partial charge in [-0.25, -0.2) is 10.2 Å². The predicted molar refractivity (Wildman–Crippen MR) is 95.1 cm³/mol. The van der Waals surface area contributed by atoms with Crippen molar-refractivity contribution >= 4 is 17.7 Å². The third-order valence-corrected chi connectivity index (χ3v) is 4.21. The summed E-state index contributed by atoms with van der Waals surface area (Å²) in [5, 5.41) is 17.0. The molecule has 126 valence electrons. The average Bonchev–Trinajstić information content (AvgIpc) is 3.08. The standard InChI is InChI=1S/C17H20N4O2S/c1-3-6-16(7-4-2)24-12-14-11-21(20-18-14)15-9-5-8-13(10-15)17(22)19-23/h3,5-11,23H,4,12H2,1-2H3,(H,19,22)/b6-3-,16-7+. The number of thioether (sulfide) groups is 1. The summed E-state index contributed by atoms with van der Waals surface area (Å²) in [6.07, 6.45) is 9.09. The van der Waals surface area contributed by atoms with Crippen molar-refractivity contribution in [3.63, 3.8) is 0 Å². The minimum atomic E-state index is -0.562. The van der Waals surface area contributed by atoms with Crippen LogP contribution in [0.25, 0.3) is 5.69 Å². The molecule has 0 aliphatic heterocycles. The number of allylic oxidation sites excluding steroid dienone is 3. The maximum atomic E-state index is 11.5. The van der Waals surface area contributed by atoms with Crippen LogP contribution in [0.4, 0.5) is 0 Å². The van der Waals surface area contributed by atoms with Crippen LogP contribution in [-0.4, -0.2) is 26.1 Å². The number of aromatic nitrogens is 3. The van der Waals surface area contributed by atoms with Gasteiger partial charge in [-0.1, -0.05) is 36.4 Å². The molecule has 6 nitrogen and oxygen atoms in total. The van der Waals surface area contributed by atoms with E-state index in [9.17, 15) is 4.79 Å². The highest BCUT2D eigenvalue weighted by molar-refractivity contribution is 8.02. The third-order valence-electron chi connectivity index (χ3n) is 3.14. The van der Waals surface area contributed by atoms with Crippen LogP contribution in [0.5, 0.6) is 0 Å². The number of nitrogens with one attached hydrogen (secondary N) is 1. The first-order chi connectivity index (χ1) is 11.7. The lowest BCUT2D eigenvalue weighted by molar-refractivity contribution is 0.0706. The van der Waals surface area contributed by atoms with Gasteiger partial charge in [-0.05, 0) is 31.5 Å². The summed E-state index contributed by atoms with van der Waals surface area (Å²) < 4.78 is 1.61. The summed E-state index contributed by atoms with van der Waals surface area (Å²) in [5.74, 6) is 0.154. The summed E-state index contributed by atoms with van der Waals surface area (Å²) in [7, 11) is 0. The number of benzene rings is 1. The molecule has 0 saturated carbocycles. The molecule has 0 aliphatic rings. The first kappa shape index (κ1) is 18.0. The molecule has 0 fully saturated rings. The second kappa shape index (κ2) is 9.05. The van der Waals surface area contributed by atoms with Gasteiger partial charge < -0.3 is 0 Å². The van der Waals surface area contributed by atoms with E-state index in [1.165, 1.54) is 4.91 Å². The zero-order valence-electron chi connectivity index (χ0n) is 13.6. The quantitative estimate of drug-likeness (QED) is 0.456. The van der Waals surface area contributed by atoms with Gasteiger partial charge in [-0.3, -0.25) is 10.0 Å². The Morgan fingerprint density at radius 2 is 2.29 bits per heavy atom. The first-order valence-corrected chi connectivity index (χ1v) is 8.58. The first-order valence-electron chi connectivity index (χ1n) is 7.59. The molecule has 1 aromatic heterocycles. The smallest absolute Gasteiger partial charge is 0.274 e. The van der Waals surface area contributed by atoms with E-state index in [1.807, 2.05) is 25.3 Å². The van der Waals surface area contributed by atoms with Crippen molar-refractivity contribution in [2.24, 2.45) is 0 Å². The number of carbonyl (C=O) groups excluding carboxylic acids is 1. The molecule has 2 aromatic rings. The Bertz CT molecular complexity index is 753. The highest BCUT2D eigenvalue weighted by Crippen LogP contribution is 2.22. The summed E-state index contributed by atoms with van der Waals surface area (Å²) in [6, 6.07) is 6.80. The lowest BCUT2D eigenvalue weighted by Gasteiger charge is -2.03. The Labute approximate surface area is 145 Å². The summed E-state index contributed by atoms with van der Waals surface area (Å²) in [5.41, 5.74) is 3.53. The molecule has 0 spiro atoms. The zero-order valence-corrected chi connectivity index (χ0v) is 14.5. The van der Waals surface area contributed by atoms with Crippen molar-refractivity contribution in [2.45, 2.75) is 26.0 Å². The Morgan fingerprint density at radius 3 is 3.00 bits per heavy atom. The molecule has 0 aliphatic carbocycles. The molecule has 24 heavy (non-hydrogen) atoms. The molecule has 2 N–H and O–H groups in total. The molecule has 7 heteroatoms. The average molecular weight is 344 g/mol. The fourth-order valence-electron chi connectivity index (χ4n) is 2.04. The van der Waals surface area contributed by atoms with Crippen LogP contribution in [0.3, 0.4) is 0 Å². The number of hydroxylamine groups is 1. The molecule has 0 radical (unpaired) electrons. The topological polar surface area (TPSA) is 80.0 Å². The number of nitrogens with zero attached hydrogens (tertiary/aromatic N) is 3. The van der Waals surface area contributed by atoms with Crippen molar-refractivity contribution in [3.8, 4) is 5.69 Å². The van der Waals surface area contributed by atoms with Gasteiger partial charge >= 0.3 is 0 Å². The van der Waals surface area contributed by atoms with Gasteiger partial charge in [0, 0.05) is 16.2 Å². The second-order valence-electron chi connectivity index (χ2n) is 4.95. The molecule has 1 amide bonds. The normalized spacial score (nSPS) is 11.9. The van der Waals surface area contributed by atoms with Gasteiger partial charge in [0.25, 0.3) is 5.91 Å². The fraction of sp³-hybridized carbons (Fsp3) is 0.235. The molecule has 1 aromatic carbocycles. The largest absolute Gasteiger partial charge is 0.288 e. The second-order valence-corrected chi connectivity index (χ2v) is 6.00. The van der Waals surface area contributed by atoms with E-state index < -0.39 is 5.91 Å². The van der Waals surface area contributed by atoms with Gasteiger partial charge in [-0.2, -0.15) is 0 Å². The van der Waals surface area contributed by atoms with Crippen LogP contribution in [0, 0.1) is 0 Å².